The lowest BCUT2D eigenvalue weighted by Crippen LogP contribution is -2.79. The van der Waals surface area contributed by atoms with E-state index in [1.165, 1.54) is 0 Å². The second-order valence-corrected chi connectivity index (χ2v) is 11.4. The first-order chi connectivity index (χ1) is 20.3. The number of allylic oxidation sites excluding steroid dienone is 1. The molecular formula is C31H42N8O4. The van der Waals surface area contributed by atoms with Crippen LogP contribution in [0.15, 0.2) is 48.4 Å². The van der Waals surface area contributed by atoms with Crippen molar-refractivity contribution in [3.8, 4) is 0 Å². The van der Waals surface area contributed by atoms with Gasteiger partial charge in [0.25, 0.3) is 0 Å². The zero-order chi connectivity index (χ0) is 31.6. The number of hydrogen-bond acceptors (Lipinski definition) is 7. The number of urea groups is 1. The molecule has 230 valence electrons. The van der Waals surface area contributed by atoms with E-state index in [4.69, 9.17) is 15.9 Å². The number of amides is 3. The van der Waals surface area contributed by atoms with Gasteiger partial charge in [0.05, 0.1) is 36.8 Å². The van der Waals surface area contributed by atoms with Gasteiger partial charge in [-0.1, -0.05) is 50.9 Å². The van der Waals surface area contributed by atoms with Gasteiger partial charge < -0.3 is 42.3 Å². The van der Waals surface area contributed by atoms with Crippen molar-refractivity contribution in [3.05, 3.63) is 70.5 Å². The quantitative estimate of drug-likeness (QED) is 0.161. The minimum Gasteiger partial charge on any atom is -0.512 e. The lowest BCUT2D eigenvalue weighted by molar-refractivity contribution is -0.572. The normalized spacial score (nSPS) is 17.8. The highest BCUT2D eigenvalue weighted by Crippen LogP contribution is 2.26. The fraction of sp³-hybridized carbons (Fsp3) is 0.387. The summed E-state index contributed by atoms with van der Waals surface area (Å²) in [5.74, 6) is -0.412. The van der Waals surface area contributed by atoms with Gasteiger partial charge in [-0.2, -0.15) is 0 Å². The van der Waals surface area contributed by atoms with Gasteiger partial charge in [-0.3, -0.25) is 15.0 Å². The van der Waals surface area contributed by atoms with E-state index in [-0.39, 0.29) is 29.2 Å². The molecule has 0 saturated carbocycles. The van der Waals surface area contributed by atoms with E-state index in [2.05, 4.69) is 20.9 Å². The molecule has 9 N–H and O–H groups in total. The third-order valence-electron chi connectivity index (χ3n) is 6.70. The number of nitrogens with zero attached hydrogens (tertiary/aromatic N) is 2. The SMILES string of the molecule is C[C@@H]1CC[NH2+]c2c(cnc(N)c2C(=N)c2ccc(NC(=O)NC(=[N-])/C=C(\O)C(C)(C)C)cc2)/C=C/CCOCCC(=O)N1. The number of quaternary nitrogens is 1. The summed E-state index contributed by atoms with van der Waals surface area (Å²) in [7, 11) is 0. The molecule has 1 aliphatic heterocycles. The summed E-state index contributed by atoms with van der Waals surface area (Å²) in [4.78, 5) is 28.9. The van der Waals surface area contributed by atoms with E-state index >= 15 is 0 Å². The molecule has 12 heteroatoms. The van der Waals surface area contributed by atoms with Crippen LogP contribution in [0.3, 0.4) is 0 Å². The van der Waals surface area contributed by atoms with E-state index in [1.807, 2.05) is 24.4 Å². The van der Waals surface area contributed by atoms with Crippen LogP contribution < -0.4 is 27.0 Å². The van der Waals surface area contributed by atoms with Crippen LogP contribution in [-0.2, 0) is 9.53 Å². The maximum atomic E-state index is 12.3. The van der Waals surface area contributed by atoms with Crippen LogP contribution in [0.5, 0.6) is 0 Å². The van der Waals surface area contributed by atoms with Gasteiger partial charge in [-0.15, -0.1) is 0 Å². The number of fused-ring (bicyclic) bond motifs is 1. The summed E-state index contributed by atoms with van der Waals surface area (Å²) in [5, 5.41) is 38.9. The number of anilines is 2. The van der Waals surface area contributed by atoms with Crippen molar-refractivity contribution in [1.29, 1.82) is 5.41 Å². The number of pyridine rings is 1. The molecule has 43 heavy (non-hydrogen) atoms. The van der Waals surface area contributed by atoms with Crippen molar-refractivity contribution in [2.24, 2.45) is 5.41 Å². The Bertz CT molecular complexity index is 1390. The predicted molar refractivity (Wildman–Crippen MR) is 169 cm³/mol. The number of carbonyl (C=O) groups excluding carboxylic acids is 2. The maximum Gasteiger partial charge on any atom is 0.241 e. The lowest BCUT2D eigenvalue weighted by Gasteiger charge is -2.20. The minimum absolute atomic E-state index is 0.0353. The van der Waals surface area contributed by atoms with Gasteiger partial charge >= 0.3 is 0 Å². The van der Waals surface area contributed by atoms with E-state index in [0.717, 1.165) is 17.3 Å². The topological polar surface area (TPSA) is 201 Å². The minimum atomic E-state index is -0.700. The highest BCUT2D eigenvalue weighted by Gasteiger charge is 2.22. The Kier molecular flexibility index (Phi) is 11.6. The number of aliphatic hydroxyl groups excluding tert-OH is 1. The molecule has 1 aliphatic rings. The Balaban J connectivity index is 1.79. The van der Waals surface area contributed by atoms with Crippen molar-refractivity contribution in [3.63, 3.8) is 0 Å². The molecule has 1 aromatic heterocycles. The summed E-state index contributed by atoms with van der Waals surface area (Å²) in [6.07, 6.45) is 8.36. The first-order valence-electron chi connectivity index (χ1n) is 14.2. The van der Waals surface area contributed by atoms with E-state index < -0.39 is 17.3 Å². The van der Waals surface area contributed by atoms with Crippen molar-refractivity contribution >= 4 is 46.8 Å². The molecule has 0 bridgehead atoms. The molecular weight excluding hydrogens is 548 g/mol. The molecule has 3 amide bonds. The Hall–Kier alpha value is -4.55. The molecule has 3 rings (SSSR count). The standard InChI is InChI=1S/C31H41N8O4/c1-19-12-14-35-28-21(7-5-6-15-43-16-13-25(41)37-19)18-36-29(34)26(28)27(33)20-8-10-22(11-9-20)38-30(42)39-24(32)17-23(40)31(2,3)4/h5,7-11,17-19H,6,12-16H2,1-4H3,(H8-,32,33,34,35,36,37,38,39,40,41,42)/q-1/p+1/b7-5+/t19-/m1/s1. The third-order valence-corrected chi connectivity index (χ3v) is 6.70. The molecule has 12 nitrogen and oxygen atoms in total. The predicted octanol–water partition coefficient (Wildman–Crippen LogP) is 3.57. The van der Waals surface area contributed by atoms with Crippen LogP contribution in [0, 0.1) is 10.8 Å². The van der Waals surface area contributed by atoms with E-state index in [0.29, 0.717) is 55.8 Å². The molecule has 1 atom stereocenters. The van der Waals surface area contributed by atoms with Gasteiger partial charge in [0.2, 0.25) is 11.9 Å². The number of aliphatic hydroxyl groups is 1. The molecule has 0 saturated heterocycles. The number of ether oxygens (including phenoxy) is 1. The van der Waals surface area contributed by atoms with Crippen LogP contribution in [0.1, 0.15) is 63.6 Å². The number of nitrogens with two attached hydrogens (primary N) is 2. The lowest BCUT2D eigenvalue weighted by atomic mass is 9.93. The first-order valence-corrected chi connectivity index (χ1v) is 14.2. The second kappa shape index (κ2) is 15.1. The van der Waals surface area contributed by atoms with Gasteiger partial charge in [0, 0.05) is 41.7 Å². The molecule has 0 fully saturated rings. The van der Waals surface area contributed by atoms with Crippen molar-refractivity contribution in [2.45, 2.75) is 53.0 Å². The molecule has 0 unspecified atom stereocenters. The zero-order valence-corrected chi connectivity index (χ0v) is 25.2. The zero-order valence-electron chi connectivity index (χ0n) is 25.2. The average Bonchev–Trinajstić information content (AvgIpc) is 2.93. The smallest absolute Gasteiger partial charge is 0.241 e. The average molecular weight is 591 g/mol. The molecule has 2 heterocycles. The summed E-state index contributed by atoms with van der Waals surface area (Å²) < 4.78 is 5.58. The number of aromatic nitrogens is 1. The van der Waals surface area contributed by atoms with Crippen LogP contribution in [0.2, 0.25) is 0 Å². The highest BCUT2D eigenvalue weighted by molar-refractivity contribution is 6.16. The molecule has 0 aliphatic carbocycles. The highest BCUT2D eigenvalue weighted by atomic mass is 16.5. The Labute approximate surface area is 252 Å². The maximum absolute atomic E-state index is 12.3. The van der Waals surface area contributed by atoms with Crippen molar-refractivity contribution in [2.75, 3.05) is 30.8 Å². The number of amidine groups is 1. The number of nitrogens with one attached hydrogen (secondary N) is 4. The number of hydrogen-bond donors (Lipinski definition) is 7. The van der Waals surface area contributed by atoms with E-state index in [9.17, 15) is 20.1 Å². The fourth-order valence-electron chi connectivity index (χ4n) is 4.22. The van der Waals surface area contributed by atoms with E-state index in [1.54, 1.807) is 51.2 Å². The summed E-state index contributed by atoms with van der Waals surface area (Å²) in [5.41, 5.74) is 8.98. The molecule has 0 spiro atoms. The first kappa shape index (κ1) is 33.0. The second-order valence-electron chi connectivity index (χ2n) is 11.4. The molecule has 0 radical (unpaired) electrons. The number of benzene rings is 1. The largest absolute Gasteiger partial charge is 0.512 e. The van der Waals surface area contributed by atoms with Crippen LogP contribution in [-0.4, -0.2) is 59.4 Å². The number of rotatable bonds is 4. The number of carbonyl (C=O) groups is 2. The van der Waals surface area contributed by atoms with Crippen LogP contribution in [0.4, 0.5) is 22.0 Å². The summed E-state index contributed by atoms with van der Waals surface area (Å²) in [6.45, 7) is 8.75. The fourth-order valence-corrected chi connectivity index (χ4v) is 4.22. The monoisotopic (exact) mass is 590 g/mol. The van der Waals surface area contributed by atoms with Gasteiger partial charge in [-0.05, 0) is 31.6 Å². The van der Waals surface area contributed by atoms with Crippen LogP contribution in [0.25, 0.3) is 11.5 Å². The Morgan fingerprint density at radius 2 is 2.00 bits per heavy atom. The van der Waals surface area contributed by atoms with Gasteiger partial charge in [0.1, 0.15) is 11.4 Å². The van der Waals surface area contributed by atoms with Crippen molar-refractivity contribution in [1.82, 2.24) is 15.6 Å². The van der Waals surface area contributed by atoms with Gasteiger partial charge in [0.15, 0.2) is 5.69 Å². The Morgan fingerprint density at radius 3 is 2.70 bits per heavy atom. The molecule has 2 aromatic rings. The summed E-state index contributed by atoms with van der Waals surface area (Å²) >= 11 is 0. The third kappa shape index (κ3) is 10.0. The van der Waals surface area contributed by atoms with Gasteiger partial charge in [-0.25, -0.2) is 4.98 Å². The van der Waals surface area contributed by atoms with Crippen LogP contribution >= 0.6 is 0 Å². The summed E-state index contributed by atoms with van der Waals surface area (Å²) in [6, 6.07) is 5.89. The number of nitrogen functional groups attached to an aromatic ring is 1. The van der Waals surface area contributed by atoms with Crippen molar-refractivity contribution < 1.29 is 24.7 Å². The Morgan fingerprint density at radius 1 is 1.28 bits per heavy atom. The molecule has 1 aromatic carbocycles.